The molecule has 1 atom stereocenters. The second-order valence-corrected chi connectivity index (χ2v) is 6.80. The van der Waals surface area contributed by atoms with Crippen LogP contribution in [0.3, 0.4) is 0 Å². The fraction of sp³-hybridized carbons (Fsp3) is 0.588. The predicted molar refractivity (Wildman–Crippen MR) is 97.5 cm³/mol. The van der Waals surface area contributed by atoms with Gasteiger partial charge in [0.15, 0.2) is 5.96 Å². The van der Waals surface area contributed by atoms with Crippen LogP contribution in [0.5, 0.6) is 0 Å². The lowest BCUT2D eigenvalue weighted by atomic mass is 10.1. The number of hydrogen-bond acceptors (Lipinski definition) is 3. The summed E-state index contributed by atoms with van der Waals surface area (Å²) in [6, 6.07) is 5.57. The Morgan fingerprint density at radius 3 is 2.87 bits per heavy atom. The van der Waals surface area contributed by atoms with E-state index in [4.69, 9.17) is 0 Å². The normalized spacial score (nSPS) is 19.1. The SMILES string of the molecule is CN=C(NCc1ccc(F)cc1CSC)NCC1CCCN1C. The van der Waals surface area contributed by atoms with Gasteiger partial charge in [-0.1, -0.05) is 6.07 Å². The van der Waals surface area contributed by atoms with Gasteiger partial charge in [-0.15, -0.1) is 0 Å². The maximum absolute atomic E-state index is 13.4. The minimum absolute atomic E-state index is 0.176. The van der Waals surface area contributed by atoms with Gasteiger partial charge in [0, 0.05) is 31.9 Å². The van der Waals surface area contributed by atoms with Gasteiger partial charge in [-0.2, -0.15) is 11.8 Å². The van der Waals surface area contributed by atoms with E-state index in [9.17, 15) is 4.39 Å². The molecule has 0 aromatic heterocycles. The van der Waals surface area contributed by atoms with Crippen molar-refractivity contribution in [2.45, 2.75) is 31.2 Å². The van der Waals surface area contributed by atoms with Crippen molar-refractivity contribution in [2.24, 2.45) is 4.99 Å². The number of halogens is 1. The van der Waals surface area contributed by atoms with Crippen LogP contribution in [-0.4, -0.2) is 50.3 Å². The molecule has 128 valence electrons. The van der Waals surface area contributed by atoms with Crippen LogP contribution in [0, 0.1) is 5.82 Å². The molecule has 1 aromatic rings. The zero-order valence-electron chi connectivity index (χ0n) is 14.2. The number of aliphatic imine (C=N–C) groups is 1. The Morgan fingerprint density at radius 1 is 1.39 bits per heavy atom. The summed E-state index contributed by atoms with van der Waals surface area (Å²) in [4.78, 5) is 6.66. The van der Waals surface area contributed by atoms with Gasteiger partial charge >= 0.3 is 0 Å². The molecule has 0 bridgehead atoms. The predicted octanol–water partition coefficient (Wildman–Crippen LogP) is 2.45. The molecule has 2 rings (SSSR count). The molecule has 1 fully saturated rings. The first kappa shape index (κ1) is 18.1. The number of hydrogen-bond donors (Lipinski definition) is 2. The average Bonchev–Trinajstić information content (AvgIpc) is 2.95. The Bertz CT molecular complexity index is 535. The number of thioether (sulfide) groups is 1. The molecule has 1 unspecified atom stereocenters. The summed E-state index contributed by atoms with van der Waals surface area (Å²) in [5, 5.41) is 6.72. The molecule has 1 heterocycles. The van der Waals surface area contributed by atoms with Gasteiger partial charge < -0.3 is 15.5 Å². The summed E-state index contributed by atoms with van der Waals surface area (Å²) in [6.07, 6.45) is 4.53. The van der Waals surface area contributed by atoms with E-state index < -0.39 is 0 Å². The number of benzene rings is 1. The largest absolute Gasteiger partial charge is 0.355 e. The highest BCUT2D eigenvalue weighted by molar-refractivity contribution is 7.97. The maximum Gasteiger partial charge on any atom is 0.191 e. The van der Waals surface area contributed by atoms with Gasteiger partial charge in [0.2, 0.25) is 0 Å². The Labute approximate surface area is 142 Å². The molecule has 2 N–H and O–H groups in total. The number of nitrogens with zero attached hydrogens (tertiary/aromatic N) is 2. The topological polar surface area (TPSA) is 39.7 Å². The second kappa shape index (κ2) is 9.13. The monoisotopic (exact) mass is 338 g/mol. The molecule has 0 spiro atoms. The highest BCUT2D eigenvalue weighted by Gasteiger charge is 2.20. The molecule has 0 amide bonds. The molecular weight excluding hydrogens is 311 g/mol. The van der Waals surface area contributed by atoms with Crippen LogP contribution in [0.4, 0.5) is 4.39 Å². The van der Waals surface area contributed by atoms with Gasteiger partial charge in [0.05, 0.1) is 0 Å². The van der Waals surface area contributed by atoms with E-state index in [2.05, 4.69) is 27.6 Å². The summed E-state index contributed by atoms with van der Waals surface area (Å²) in [7, 11) is 3.95. The number of likely N-dealkylation sites (tertiary alicyclic amines) is 1. The molecule has 4 nitrogen and oxygen atoms in total. The summed E-state index contributed by atoms with van der Waals surface area (Å²) in [6.45, 7) is 2.72. The van der Waals surface area contributed by atoms with E-state index in [0.717, 1.165) is 29.4 Å². The summed E-state index contributed by atoms with van der Waals surface area (Å²) in [5.41, 5.74) is 2.15. The quantitative estimate of drug-likeness (QED) is 0.617. The molecule has 1 aliphatic heterocycles. The molecule has 23 heavy (non-hydrogen) atoms. The van der Waals surface area contributed by atoms with Gasteiger partial charge in [0.1, 0.15) is 5.82 Å². The summed E-state index contributed by atoms with van der Waals surface area (Å²) < 4.78 is 13.4. The van der Waals surface area contributed by atoms with Crippen LogP contribution in [0.2, 0.25) is 0 Å². The second-order valence-electron chi connectivity index (χ2n) is 5.93. The van der Waals surface area contributed by atoms with Gasteiger partial charge in [0.25, 0.3) is 0 Å². The number of nitrogens with one attached hydrogen (secondary N) is 2. The van der Waals surface area contributed by atoms with Crippen LogP contribution in [0.15, 0.2) is 23.2 Å². The first-order valence-corrected chi connectivity index (χ1v) is 9.44. The molecule has 0 saturated carbocycles. The maximum atomic E-state index is 13.4. The number of rotatable bonds is 6. The van der Waals surface area contributed by atoms with E-state index in [1.807, 2.05) is 12.3 Å². The Morgan fingerprint density at radius 2 is 2.22 bits per heavy atom. The van der Waals surface area contributed by atoms with Crippen molar-refractivity contribution in [2.75, 3.05) is 33.4 Å². The smallest absolute Gasteiger partial charge is 0.191 e. The minimum Gasteiger partial charge on any atom is -0.355 e. The lowest BCUT2D eigenvalue weighted by Crippen LogP contribution is -2.43. The molecule has 1 saturated heterocycles. The van der Waals surface area contributed by atoms with Crippen LogP contribution in [0.1, 0.15) is 24.0 Å². The fourth-order valence-electron chi connectivity index (χ4n) is 2.91. The average molecular weight is 338 g/mol. The molecule has 6 heteroatoms. The molecule has 0 aliphatic carbocycles. The molecule has 1 aliphatic rings. The highest BCUT2D eigenvalue weighted by atomic mass is 32.2. The van der Waals surface area contributed by atoms with Crippen molar-refractivity contribution >= 4 is 17.7 Å². The molecule has 1 aromatic carbocycles. The Kier molecular flexibility index (Phi) is 7.17. The van der Waals surface area contributed by atoms with Crippen LogP contribution >= 0.6 is 11.8 Å². The molecule has 0 radical (unpaired) electrons. The first-order chi connectivity index (χ1) is 11.1. The Hall–Kier alpha value is -1.27. The fourth-order valence-corrected chi connectivity index (χ4v) is 3.49. The van der Waals surface area contributed by atoms with E-state index in [1.54, 1.807) is 24.9 Å². The van der Waals surface area contributed by atoms with Gasteiger partial charge in [-0.25, -0.2) is 4.39 Å². The lowest BCUT2D eigenvalue weighted by molar-refractivity contribution is 0.309. The third-order valence-electron chi connectivity index (χ3n) is 4.31. The minimum atomic E-state index is -0.176. The van der Waals surface area contributed by atoms with Crippen molar-refractivity contribution < 1.29 is 4.39 Å². The zero-order chi connectivity index (χ0) is 16.7. The van der Waals surface area contributed by atoms with Gasteiger partial charge in [-0.3, -0.25) is 4.99 Å². The Balaban J connectivity index is 1.88. The lowest BCUT2D eigenvalue weighted by Gasteiger charge is -2.21. The van der Waals surface area contributed by atoms with E-state index in [1.165, 1.54) is 25.5 Å². The highest BCUT2D eigenvalue weighted by Crippen LogP contribution is 2.17. The standard InChI is InChI=1S/C17H27FN4S/c1-19-17(21-11-16-5-4-8-22(16)2)20-10-13-6-7-15(18)9-14(13)12-23-3/h6-7,9,16H,4-5,8,10-12H2,1-3H3,(H2,19,20,21). The van der Waals surface area contributed by atoms with Crippen LogP contribution in [0.25, 0.3) is 0 Å². The number of likely N-dealkylation sites (N-methyl/N-ethyl adjacent to an activating group) is 1. The van der Waals surface area contributed by atoms with Gasteiger partial charge in [-0.05, 0) is 55.9 Å². The van der Waals surface area contributed by atoms with Crippen molar-refractivity contribution in [1.29, 1.82) is 0 Å². The number of guanidine groups is 1. The van der Waals surface area contributed by atoms with E-state index in [-0.39, 0.29) is 5.82 Å². The van der Waals surface area contributed by atoms with E-state index in [0.29, 0.717) is 12.6 Å². The third kappa shape index (κ3) is 5.39. The van der Waals surface area contributed by atoms with E-state index >= 15 is 0 Å². The summed E-state index contributed by atoms with van der Waals surface area (Å²) in [5.74, 6) is 1.43. The molecular formula is C17H27FN4S. The van der Waals surface area contributed by atoms with Crippen LogP contribution < -0.4 is 10.6 Å². The van der Waals surface area contributed by atoms with Crippen molar-refractivity contribution in [3.05, 3.63) is 35.1 Å². The van der Waals surface area contributed by atoms with Crippen molar-refractivity contribution in [3.8, 4) is 0 Å². The van der Waals surface area contributed by atoms with Crippen molar-refractivity contribution in [1.82, 2.24) is 15.5 Å². The summed E-state index contributed by atoms with van der Waals surface area (Å²) >= 11 is 1.70. The van der Waals surface area contributed by atoms with Crippen molar-refractivity contribution in [3.63, 3.8) is 0 Å². The van der Waals surface area contributed by atoms with Crippen LogP contribution in [-0.2, 0) is 12.3 Å². The third-order valence-corrected chi connectivity index (χ3v) is 4.91. The first-order valence-electron chi connectivity index (χ1n) is 8.05. The zero-order valence-corrected chi connectivity index (χ0v) is 15.0.